The van der Waals surface area contributed by atoms with E-state index in [1.54, 1.807) is 12.1 Å². The standard InChI is InChI=1S/C32H40FN3O5S/c1-5-30(32(38)34-22-24(3)4)35(21-20-25-10-8-7-9-11-25)31(37)23-36(27-14-12-26(33)13-15-27)42(39,40)29-18-16-28(17-19-29)41-6-2/h7-19,24,30H,5-6,20-23H2,1-4H3,(H,34,38). The maximum atomic E-state index is 14.0. The SMILES string of the molecule is CCOc1ccc(S(=O)(=O)N(CC(=O)N(CCc2ccccc2)C(CC)C(=O)NCC(C)C)c2ccc(F)cc2)cc1. The van der Waals surface area contributed by atoms with Gasteiger partial charge in [-0.3, -0.25) is 13.9 Å². The van der Waals surface area contributed by atoms with Crippen molar-refractivity contribution in [1.82, 2.24) is 10.2 Å². The van der Waals surface area contributed by atoms with Crippen LogP contribution in [0.2, 0.25) is 0 Å². The third-order valence-electron chi connectivity index (χ3n) is 6.67. The lowest BCUT2D eigenvalue weighted by Gasteiger charge is -2.33. The Kier molecular flexibility index (Phi) is 11.9. The largest absolute Gasteiger partial charge is 0.494 e. The second kappa shape index (κ2) is 15.3. The zero-order chi connectivity index (χ0) is 30.7. The van der Waals surface area contributed by atoms with Crippen LogP contribution in [-0.2, 0) is 26.0 Å². The van der Waals surface area contributed by atoms with Crippen LogP contribution in [0.25, 0.3) is 0 Å². The van der Waals surface area contributed by atoms with Crippen LogP contribution >= 0.6 is 0 Å². The molecule has 0 spiro atoms. The highest BCUT2D eigenvalue weighted by Gasteiger charge is 2.33. The number of carbonyl (C=O) groups excluding carboxylic acids is 2. The number of carbonyl (C=O) groups is 2. The van der Waals surface area contributed by atoms with Crippen molar-refractivity contribution >= 4 is 27.5 Å². The van der Waals surface area contributed by atoms with E-state index in [1.165, 1.54) is 29.2 Å². The number of ether oxygens (including phenoxy) is 1. The van der Waals surface area contributed by atoms with E-state index in [0.717, 1.165) is 22.0 Å². The maximum Gasteiger partial charge on any atom is 0.264 e. The molecule has 0 radical (unpaired) electrons. The van der Waals surface area contributed by atoms with Crippen LogP contribution in [0.5, 0.6) is 5.75 Å². The summed E-state index contributed by atoms with van der Waals surface area (Å²) in [6, 6.07) is 19.6. The molecular formula is C32H40FN3O5S. The van der Waals surface area contributed by atoms with Gasteiger partial charge in [-0.2, -0.15) is 0 Å². The zero-order valence-corrected chi connectivity index (χ0v) is 25.4. The normalized spacial score (nSPS) is 12.0. The van der Waals surface area contributed by atoms with Crippen LogP contribution in [0.15, 0.2) is 83.8 Å². The molecule has 0 saturated carbocycles. The van der Waals surface area contributed by atoms with Crippen molar-refractivity contribution in [3.8, 4) is 5.75 Å². The van der Waals surface area contributed by atoms with Gasteiger partial charge in [0.25, 0.3) is 10.0 Å². The quantitative estimate of drug-likeness (QED) is 0.265. The fourth-order valence-electron chi connectivity index (χ4n) is 4.46. The number of halogens is 1. The smallest absolute Gasteiger partial charge is 0.264 e. The second-order valence-electron chi connectivity index (χ2n) is 10.3. The van der Waals surface area contributed by atoms with Gasteiger partial charge in [-0.25, -0.2) is 12.8 Å². The van der Waals surface area contributed by atoms with Crippen molar-refractivity contribution in [1.29, 1.82) is 0 Å². The van der Waals surface area contributed by atoms with Gasteiger partial charge >= 0.3 is 0 Å². The van der Waals surface area contributed by atoms with E-state index in [9.17, 15) is 22.4 Å². The van der Waals surface area contributed by atoms with E-state index in [1.807, 2.05) is 58.0 Å². The molecule has 0 heterocycles. The summed E-state index contributed by atoms with van der Waals surface area (Å²) in [5.41, 5.74) is 1.10. The van der Waals surface area contributed by atoms with Gasteiger partial charge in [0.1, 0.15) is 24.2 Å². The first kappa shape index (κ1) is 32.6. The number of nitrogens with zero attached hydrogens (tertiary/aromatic N) is 2. The van der Waals surface area contributed by atoms with Crippen molar-refractivity contribution in [3.63, 3.8) is 0 Å². The van der Waals surface area contributed by atoms with Gasteiger partial charge in [0.05, 0.1) is 17.2 Å². The molecule has 2 amide bonds. The van der Waals surface area contributed by atoms with Crippen LogP contribution in [0.4, 0.5) is 10.1 Å². The van der Waals surface area contributed by atoms with E-state index in [-0.39, 0.29) is 29.0 Å². The van der Waals surface area contributed by atoms with Crippen molar-refractivity contribution in [2.75, 3.05) is 30.5 Å². The number of hydrogen-bond donors (Lipinski definition) is 1. The summed E-state index contributed by atoms with van der Waals surface area (Å²) in [7, 11) is -4.26. The molecule has 0 saturated heterocycles. The highest BCUT2D eigenvalue weighted by Crippen LogP contribution is 2.26. The van der Waals surface area contributed by atoms with E-state index >= 15 is 0 Å². The molecule has 1 atom stereocenters. The molecule has 0 aliphatic rings. The average Bonchev–Trinajstić information content (AvgIpc) is 2.98. The highest BCUT2D eigenvalue weighted by molar-refractivity contribution is 7.92. The van der Waals surface area contributed by atoms with Crippen molar-refractivity contribution in [3.05, 3.63) is 90.2 Å². The number of anilines is 1. The second-order valence-corrected chi connectivity index (χ2v) is 12.1. The number of hydrogen-bond acceptors (Lipinski definition) is 5. The first-order valence-electron chi connectivity index (χ1n) is 14.2. The van der Waals surface area contributed by atoms with Gasteiger partial charge < -0.3 is 15.0 Å². The fourth-order valence-corrected chi connectivity index (χ4v) is 5.87. The Morgan fingerprint density at radius 2 is 1.57 bits per heavy atom. The Balaban J connectivity index is 1.99. The lowest BCUT2D eigenvalue weighted by atomic mass is 10.1. The molecule has 8 nitrogen and oxygen atoms in total. The van der Waals surface area contributed by atoms with Crippen LogP contribution in [0.1, 0.15) is 39.7 Å². The average molecular weight is 598 g/mol. The lowest BCUT2D eigenvalue weighted by Crippen LogP contribution is -2.53. The van der Waals surface area contributed by atoms with E-state index in [4.69, 9.17) is 4.74 Å². The zero-order valence-electron chi connectivity index (χ0n) is 24.6. The molecule has 226 valence electrons. The summed E-state index contributed by atoms with van der Waals surface area (Å²) in [5, 5.41) is 2.91. The summed E-state index contributed by atoms with van der Waals surface area (Å²) >= 11 is 0. The summed E-state index contributed by atoms with van der Waals surface area (Å²) < 4.78 is 48.0. The summed E-state index contributed by atoms with van der Waals surface area (Å²) in [5.74, 6) is -0.660. The molecule has 0 aromatic heterocycles. The van der Waals surface area contributed by atoms with Crippen molar-refractivity contribution in [2.45, 2.75) is 51.5 Å². The topological polar surface area (TPSA) is 96.0 Å². The molecule has 1 unspecified atom stereocenters. The van der Waals surface area contributed by atoms with Gasteiger partial charge in [-0.1, -0.05) is 51.1 Å². The van der Waals surface area contributed by atoms with Gasteiger partial charge in [-0.15, -0.1) is 0 Å². The summed E-state index contributed by atoms with van der Waals surface area (Å²) in [4.78, 5) is 28.7. The van der Waals surface area contributed by atoms with E-state index in [0.29, 0.717) is 31.7 Å². The first-order valence-corrected chi connectivity index (χ1v) is 15.6. The molecule has 10 heteroatoms. The predicted molar refractivity (Wildman–Crippen MR) is 162 cm³/mol. The van der Waals surface area contributed by atoms with Crippen LogP contribution in [0, 0.1) is 11.7 Å². The van der Waals surface area contributed by atoms with E-state index < -0.39 is 34.3 Å². The predicted octanol–water partition coefficient (Wildman–Crippen LogP) is 5.04. The molecule has 0 fully saturated rings. The maximum absolute atomic E-state index is 14.0. The Morgan fingerprint density at radius 3 is 2.14 bits per heavy atom. The van der Waals surface area contributed by atoms with Gasteiger partial charge in [-0.05, 0) is 79.8 Å². The monoisotopic (exact) mass is 597 g/mol. The molecule has 0 aliphatic heterocycles. The third-order valence-corrected chi connectivity index (χ3v) is 8.46. The van der Waals surface area contributed by atoms with Gasteiger partial charge in [0, 0.05) is 13.1 Å². The summed E-state index contributed by atoms with van der Waals surface area (Å²) in [6.45, 7) is 8.09. The van der Waals surface area contributed by atoms with Crippen molar-refractivity contribution < 1.29 is 27.1 Å². The third kappa shape index (κ3) is 8.79. The van der Waals surface area contributed by atoms with Crippen LogP contribution < -0.4 is 14.4 Å². The van der Waals surface area contributed by atoms with E-state index in [2.05, 4.69) is 5.32 Å². The molecule has 42 heavy (non-hydrogen) atoms. The molecule has 0 bridgehead atoms. The molecule has 3 rings (SSSR count). The number of amides is 2. The molecule has 1 N–H and O–H groups in total. The lowest BCUT2D eigenvalue weighted by molar-refractivity contribution is -0.139. The highest BCUT2D eigenvalue weighted by atomic mass is 32.2. The first-order chi connectivity index (χ1) is 20.1. The number of benzene rings is 3. The Labute approximate surface area is 248 Å². The van der Waals surface area contributed by atoms with Crippen LogP contribution in [-0.4, -0.2) is 57.4 Å². The molecule has 3 aromatic rings. The minimum Gasteiger partial charge on any atom is -0.494 e. The minimum absolute atomic E-state index is 0.0550. The molecular weight excluding hydrogens is 557 g/mol. The molecule has 0 aliphatic carbocycles. The molecule has 3 aromatic carbocycles. The number of rotatable bonds is 15. The van der Waals surface area contributed by atoms with Crippen molar-refractivity contribution in [2.24, 2.45) is 5.92 Å². The fraction of sp³-hybridized carbons (Fsp3) is 0.375. The van der Waals surface area contributed by atoms with Gasteiger partial charge in [0.15, 0.2) is 0 Å². The Morgan fingerprint density at radius 1 is 0.929 bits per heavy atom. The minimum atomic E-state index is -4.26. The number of sulfonamides is 1. The summed E-state index contributed by atoms with van der Waals surface area (Å²) in [6.07, 6.45) is 0.815. The number of nitrogens with one attached hydrogen (secondary N) is 1. The Hall–Kier alpha value is -3.92. The Bertz CT molecular complexity index is 1400. The van der Waals surface area contributed by atoms with Crippen LogP contribution in [0.3, 0.4) is 0 Å². The van der Waals surface area contributed by atoms with Gasteiger partial charge in [0.2, 0.25) is 11.8 Å².